The van der Waals surface area contributed by atoms with Crippen LogP contribution in [0.1, 0.15) is 47.2 Å². The lowest BCUT2D eigenvalue weighted by molar-refractivity contribution is -0.120. The van der Waals surface area contributed by atoms with Gasteiger partial charge >= 0.3 is 0 Å². The van der Waals surface area contributed by atoms with Crippen molar-refractivity contribution in [2.45, 2.75) is 52.0 Å². The molecule has 6 heteroatoms. The monoisotopic (exact) mass is 464 g/mol. The standard InChI is InChI=1S/C27H32N2O3S/c1-6-25(23-14-13-20(3)21(4)17-23)28-27(30)18-29(26-15-12-19(2)16-22(26)5)33(31,32)24-10-8-7-9-11-24/h7-17,25H,6,18H2,1-5H3,(H,28,30). The van der Waals surface area contributed by atoms with Crippen molar-refractivity contribution in [2.24, 2.45) is 0 Å². The molecule has 0 aliphatic carbocycles. The van der Waals surface area contributed by atoms with E-state index in [1.54, 1.807) is 36.4 Å². The van der Waals surface area contributed by atoms with Crippen LogP contribution in [0.15, 0.2) is 71.6 Å². The number of anilines is 1. The third-order valence-corrected chi connectivity index (χ3v) is 7.69. The Balaban J connectivity index is 1.94. The molecule has 33 heavy (non-hydrogen) atoms. The van der Waals surface area contributed by atoms with Gasteiger partial charge in [0, 0.05) is 0 Å². The highest BCUT2D eigenvalue weighted by atomic mass is 32.2. The van der Waals surface area contributed by atoms with Crippen molar-refractivity contribution in [1.29, 1.82) is 0 Å². The van der Waals surface area contributed by atoms with Crippen molar-refractivity contribution in [3.63, 3.8) is 0 Å². The van der Waals surface area contributed by atoms with Gasteiger partial charge in [0.15, 0.2) is 0 Å². The number of hydrogen-bond donors (Lipinski definition) is 1. The maximum absolute atomic E-state index is 13.6. The zero-order valence-corrected chi connectivity index (χ0v) is 20.7. The molecule has 1 N–H and O–H groups in total. The van der Waals surface area contributed by atoms with Crippen LogP contribution in [0.2, 0.25) is 0 Å². The van der Waals surface area contributed by atoms with E-state index < -0.39 is 10.0 Å². The molecule has 5 nitrogen and oxygen atoms in total. The summed E-state index contributed by atoms with van der Waals surface area (Å²) in [4.78, 5) is 13.3. The minimum Gasteiger partial charge on any atom is -0.348 e. The molecular formula is C27H32N2O3S. The van der Waals surface area contributed by atoms with Crippen molar-refractivity contribution in [3.8, 4) is 0 Å². The van der Waals surface area contributed by atoms with Gasteiger partial charge in [-0.1, -0.05) is 61.0 Å². The zero-order chi connectivity index (χ0) is 24.2. The number of aryl methyl sites for hydroxylation is 4. The summed E-state index contributed by atoms with van der Waals surface area (Å²) in [6, 6.07) is 19.7. The minimum absolute atomic E-state index is 0.152. The molecule has 1 amide bonds. The Morgan fingerprint density at radius 1 is 0.879 bits per heavy atom. The third kappa shape index (κ3) is 5.63. The van der Waals surface area contributed by atoms with Crippen LogP contribution in [-0.2, 0) is 14.8 Å². The Kier molecular flexibility index (Phi) is 7.59. The number of benzene rings is 3. The number of nitrogens with one attached hydrogen (secondary N) is 1. The summed E-state index contributed by atoms with van der Waals surface area (Å²) in [6.07, 6.45) is 0.698. The lowest BCUT2D eigenvalue weighted by atomic mass is 9.99. The molecular weight excluding hydrogens is 432 g/mol. The van der Waals surface area contributed by atoms with E-state index in [-0.39, 0.29) is 23.4 Å². The molecule has 0 spiro atoms. The van der Waals surface area contributed by atoms with Crippen molar-refractivity contribution < 1.29 is 13.2 Å². The molecule has 0 saturated carbocycles. The van der Waals surface area contributed by atoms with E-state index in [0.29, 0.717) is 12.1 Å². The molecule has 3 aromatic carbocycles. The van der Waals surface area contributed by atoms with Crippen molar-refractivity contribution in [3.05, 3.63) is 94.5 Å². The Hall–Kier alpha value is -3.12. The molecule has 3 rings (SSSR count). The van der Waals surface area contributed by atoms with Gasteiger partial charge in [-0.05, 0) is 74.6 Å². The second kappa shape index (κ2) is 10.2. The zero-order valence-electron chi connectivity index (χ0n) is 19.9. The Morgan fingerprint density at radius 3 is 2.18 bits per heavy atom. The van der Waals surface area contributed by atoms with Gasteiger partial charge in [-0.15, -0.1) is 0 Å². The number of amides is 1. The van der Waals surface area contributed by atoms with E-state index in [0.717, 1.165) is 22.3 Å². The molecule has 0 radical (unpaired) electrons. The molecule has 1 atom stereocenters. The molecule has 0 aliphatic rings. The van der Waals surface area contributed by atoms with Crippen LogP contribution in [0.25, 0.3) is 0 Å². The second-order valence-electron chi connectivity index (χ2n) is 8.49. The van der Waals surface area contributed by atoms with Gasteiger partial charge in [0.2, 0.25) is 5.91 Å². The smallest absolute Gasteiger partial charge is 0.264 e. The molecule has 0 fully saturated rings. The quantitative estimate of drug-likeness (QED) is 0.486. The van der Waals surface area contributed by atoms with Gasteiger partial charge in [0.1, 0.15) is 6.54 Å². The summed E-state index contributed by atoms with van der Waals surface area (Å²) in [7, 11) is -3.93. The Labute approximate surface area is 197 Å². The summed E-state index contributed by atoms with van der Waals surface area (Å²) >= 11 is 0. The van der Waals surface area contributed by atoms with Crippen molar-refractivity contribution in [1.82, 2.24) is 5.32 Å². The van der Waals surface area contributed by atoms with Crippen molar-refractivity contribution in [2.75, 3.05) is 10.8 Å². The summed E-state index contributed by atoms with van der Waals surface area (Å²) in [5.74, 6) is -0.348. The van der Waals surface area contributed by atoms with Crippen LogP contribution < -0.4 is 9.62 Å². The van der Waals surface area contributed by atoms with Gasteiger partial charge in [-0.25, -0.2) is 8.42 Å². The maximum Gasteiger partial charge on any atom is 0.264 e. The Morgan fingerprint density at radius 2 is 1.58 bits per heavy atom. The number of hydrogen-bond acceptors (Lipinski definition) is 3. The van der Waals surface area contributed by atoms with Crippen molar-refractivity contribution >= 4 is 21.6 Å². The van der Waals surface area contributed by atoms with E-state index in [4.69, 9.17) is 0 Å². The van der Waals surface area contributed by atoms with Crippen LogP contribution in [-0.4, -0.2) is 20.9 Å². The number of nitrogens with zero attached hydrogens (tertiary/aromatic N) is 1. The highest BCUT2D eigenvalue weighted by Gasteiger charge is 2.29. The molecule has 174 valence electrons. The summed E-state index contributed by atoms with van der Waals surface area (Å²) < 4.78 is 28.3. The lowest BCUT2D eigenvalue weighted by Gasteiger charge is -2.27. The van der Waals surface area contributed by atoms with Gasteiger partial charge in [0.05, 0.1) is 16.6 Å². The predicted octanol–water partition coefficient (Wildman–Crippen LogP) is 5.38. The van der Waals surface area contributed by atoms with E-state index in [2.05, 4.69) is 18.3 Å². The van der Waals surface area contributed by atoms with Crippen LogP contribution in [0, 0.1) is 27.7 Å². The van der Waals surface area contributed by atoms with Crippen LogP contribution in [0.5, 0.6) is 0 Å². The summed E-state index contributed by atoms with van der Waals surface area (Å²) in [5, 5.41) is 3.04. The van der Waals surface area contributed by atoms with E-state index >= 15 is 0 Å². The summed E-state index contributed by atoms with van der Waals surface area (Å²) in [5.41, 5.74) is 5.68. The number of carbonyl (C=O) groups excluding carboxylic acids is 1. The largest absolute Gasteiger partial charge is 0.348 e. The first-order valence-corrected chi connectivity index (χ1v) is 12.6. The molecule has 3 aromatic rings. The van der Waals surface area contributed by atoms with Gasteiger partial charge in [-0.3, -0.25) is 9.10 Å². The van der Waals surface area contributed by atoms with Crippen LogP contribution in [0.4, 0.5) is 5.69 Å². The lowest BCUT2D eigenvalue weighted by Crippen LogP contribution is -2.42. The van der Waals surface area contributed by atoms with E-state index in [9.17, 15) is 13.2 Å². The highest BCUT2D eigenvalue weighted by Crippen LogP contribution is 2.28. The number of rotatable bonds is 8. The second-order valence-corrected chi connectivity index (χ2v) is 10.3. The fourth-order valence-electron chi connectivity index (χ4n) is 3.88. The first-order valence-electron chi connectivity index (χ1n) is 11.1. The fourth-order valence-corrected chi connectivity index (χ4v) is 5.38. The normalized spacial score (nSPS) is 12.3. The molecule has 0 aliphatic heterocycles. The van der Waals surface area contributed by atoms with Crippen LogP contribution in [0.3, 0.4) is 0 Å². The number of sulfonamides is 1. The fraction of sp³-hybridized carbons (Fsp3) is 0.296. The first kappa shape index (κ1) is 24.5. The molecule has 0 aromatic heterocycles. The third-order valence-electron chi connectivity index (χ3n) is 5.92. The predicted molar refractivity (Wildman–Crippen MR) is 134 cm³/mol. The SMILES string of the molecule is CCC(NC(=O)CN(c1ccc(C)cc1C)S(=O)(=O)c1ccccc1)c1ccc(C)c(C)c1. The van der Waals surface area contributed by atoms with Crippen LogP contribution >= 0.6 is 0 Å². The van der Waals surface area contributed by atoms with Gasteiger partial charge in [-0.2, -0.15) is 0 Å². The average molecular weight is 465 g/mol. The van der Waals surface area contributed by atoms with E-state index in [1.807, 2.05) is 52.0 Å². The number of carbonyl (C=O) groups is 1. The molecule has 0 saturated heterocycles. The average Bonchev–Trinajstić information content (AvgIpc) is 2.79. The minimum atomic E-state index is -3.93. The molecule has 1 unspecified atom stereocenters. The Bertz CT molecular complexity index is 1240. The van der Waals surface area contributed by atoms with Gasteiger partial charge in [0.25, 0.3) is 10.0 Å². The van der Waals surface area contributed by atoms with E-state index in [1.165, 1.54) is 9.87 Å². The van der Waals surface area contributed by atoms with Gasteiger partial charge < -0.3 is 5.32 Å². The maximum atomic E-state index is 13.6. The highest BCUT2D eigenvalue weighted by molar-refractivity contribution is 7.92. The first-order chi connectivity index (χ1) is 15.6. The topological polar surface area (TPSA) is 66.5 Å². The summed E-state index contributed by atoms with van der Waals surface area (Å²) in [6.45, 7) is 9.61. The molecule has 0 bridgehead atoms. The molecule has 0 heterocycles.